The number of carboxylic acids is 1. The highest BCUT2D eigenvalue weighted by atomic mass is 32.1. The normalized spacial score (nSPS) is 12.3. The van der Waals surface area contributed by atoms with Gasteiger partial charge in [0.15, 0.2) is 5.13 Å². The van der Waals surface area contributed by atoms with E-state index in [0.29, 0.717) is 10.6 Å². The Balaban J connectivity index is 1.42. The van der Waals surface area contributed by atoms with E-state index in [0.717, 1.165) is 21.5 Å². The Hall–Kier alpha value is -3.99. The van der Waals surface area contributed by atoms with Crippen molar-refractivity contribution >= 4 is 44.2 Å². The third-order valence-corrected chi connectivity index (χ3v) is 5.94. The summed E-state index contributed by atoms with van der Waals surface area (Å²) in [6, 6.07) is 15.6. The van der Waals surface area contributed by atoms with E-state index >= 15 is 0 Å². The molecule has 0 aliphatic heterocycles. The van der Waals surface area contributed by atoms with Crippen LogP contribution in [0.5, 0.6) is 0 Å². The van der Waals surface area contributed by atoms with Crippen LogP contribution in [0.1, 0.15) is 16.8 Å². The molecular formula is C24H17F4N3O3S. The van der Waals surface area contributed by atoms with Crippen molar-refractivity contribution in [1.82, 2.24) is 10.3 Å². The summed E-state index contributed by atoms with van der Waals surface area (Å²) >= 11 is 1.32. The number of benzene rings is 3. The van der Waals surface area contributed by atoms with Gasteiger partial charge < -0.3 is 15.7 Å². The molecule has 0 radical (unpaired) electrons. The first-order valence-electron chi connectivity index (χ1n) is 10.2. The monoisotopic (exact) mass is 503 g/mol. The lowest BCUT2D eigenvalue weighted by Gasteiger charge is -2.16. The van der Waals surface area contributed by atoms with Gasteiger partial charge in [-0.3, -0.25) is 4.79 Å². The van der Waals surface area contributed by atoms with Crippen LogP contribution in [0, 0.1) is 5.82 Å². The van der Waals surface area contributed by atoms with E-state index < -0.39 is 30.5 Å². The van der Waals surface area contributed by atoms with E-state index in [4.69, 9.17) is 5.11 Å². The molecule has 180 valence electrons. The number of hydrogen-bond donors (Lipinski definition) is 3. The van der Waals surface area contributed by atoms with Crippen LogP contribution in [0.2, 0.25) is 0 Å². The second-order valence-electron chi connectivity index (χ2n) is 7.59. The average molecular weight is 503 g/mol. The third kappa shape index (κ3) is 6.12. The first-order chi connectivity index (χ1) is 16.6. The summed E-state index contributed by atoms with van der Waals surface area (Å²) in [5.41, 5.74) is 3.04. The van der Waals surface area contributed by atoms with Crippen LogP contribution in [-0.2, 0) is 4.79 Å². The van der Waals surface area contributed by atoms with Gasteiger partial charge in [-0.05, 0) is 53.6 Å². The van der Waals surface area contributed by atoms with Gasteiger partial charge in [-0.2, -0.15) is 13.2 Å². The number of fused-ring (bicyclic) bond motifs is 1. The summed E-state index contributed by atoms with van der Waals surface area (Å²) in [6.07, 6.45) is -6.40. The number of rotatable bonds is 7. The smallest absolute Gasteiger partial charge is 0.391 e. The molecule has 0 fully saturated rings. The van der Waals surface area contributed by atoms with Gasteiger partial charge in [0.2, 0.25) is 0 Å². The lowest BCUT2D eigenvalue weighted by atomic mass is 10.0. The van der Waals surface area contributed by atoms with Crippen molar-refractivity contribution in [1.29, 1.82) is 0 Å². The fourth-order valence-electron chi connectivity index (χ4n) is 3.31. The van der Waals surface area contributed by atoms with Crippen molar-refractivity contribution in [2.45, 2.75) is 18.6 Å². The summed E-state index contributed by atoms with van der Waals surface area (Å²) in [6.45, 7) is 0. The van der Waals surface area contributed by atoms with E-state index in [2.05, 4.69) is 10.3 Å². The number of thiazole rings is 1. The molecule has 0 aliphatic rings. The highest BCUT2D eigenvalue weighted by molar-refractivity contribution is 7.22. The molecule has 0 bridgehead atoms. The summed E-state index contributed by atoms with van der Waals surface area (Å²) < 4.78 is 51.7. The zero-order valence-corrected chi connectivity index (χ0v) is 18.6. The Morgan fingerprint density at radius 2 is 1.60 bits per heavy atom. The molecule has 0 spiro atoms. The van der Waals surface area contributed by atoms with Gasteiger partial charge in [-0.1, -0.05) is 35.6 Å². The van der Waals surface area contributed by atoms with E-state index in [1.165, 1.54) is 35.6 Å². The van der Waals surface area contributed by atoms with Crippen molar-refractivity contribution in [2.24, 2.45) is 0 Å². The largest absolute Gasteiger partial charge is 0.480 e. The van der Waals surface area contributed by atoms with E-state index in [-0.39, 0.29) is 11.4 Å². The minimum Gasteiger partial charge on any atom is -0.480 e. The molecule has 4 rings (SSSR count). The lowest BCUT2D eigenvalue weighted by molar-refractivity contribution is -0.157. The van der Waals surface area contributed by atoms with Gasteiger partial charge in [-0.25, -0.2) is 14.2 Å². The number of halogens is 4. The second-order valence-corrected chi connectivity index (χ2v) is 8.63. The second kappa shape index (κ2) is 9.71. The van der Waals surface area contributed by atoms with Crippen LogP contribution in [0.15, 0.2) is 66.7 Å². The maximum Gasteiger partial charge on any atom is 0.391 e. The summed E-state index contributed by atoms with van der Waals surface area (Å²) in [4.78, 5) is 27.7. The van der Waals surface area contributed by atoms with Crippen LogP contribution >= 0.6 is 11.3 Å². The summed E-state index contributed by atoms with van der Waals surface area (Å²) in [5, 5.41) is 14.6. The van der Waals surface area contributed by atoms with Gasteiger partial charge in [0.25, 0.3) is 5.91 Å². The predicted molar refractivity (Wildman–Crippen MR) is 124 cm³/mol. The standard InChI is InChI=1S/C24H17F4N3O3S/c25-16-7-10-18-20(11-16)35-23(31-18)29-17-8-5-14(6-9-17)13-1-3-15(4-2-13)21(32)30-19(22(33)34)12-24(26,27)28/h1-11,19H,12H2,(H,29,31)(H,30,32)(H,33,34)/t19-/m0/s1. The average Bonchev–Trinajstić information content (AvgIpc) is 3.19. The predicted octanol–water partition coefficient (Wildman–Crippen LogP) is 5.98. The molecule has 4 aromatic rings. The van der Waals surface area contributed by atoms with Crippen LogP contribution in [0.25, 0.3) is 21.3 Å². The molecule has 1 aromatic heterocycles. The fourth-order valence-corrected chi connectivity index (χ4v) is 4.22. The highest BCUT2D eigenvalue weighted by Gasteiger charge is 2.36. The molecule has 1 heterocycles. The van der Waals surface area contributed by atoms with Crippen molar-refractivity contribution in [3.05, 3.63) is 78.1 Å². The van der Waals surface area contributed by atoms with Gasteiger partial charge in [0, 0.05) is 11.3 Å². The zero-order chi connectivity index (χ0) is 25.2. The Bertz CT molecular complexity index is 1370. The van der Waals surface area contributed by atoms with Crippen molar-refractivity contribution in [2.75, 3.05) is 5.32 Å². The van der Waals surface area contributed by atoms with Gasteiger partial charge in [0.1, 0.15) is 11.9 Å². The Labute approximate surface area is 200 Å². The highest BCUT2D eigenvalue weighted by Crippen LogP contribution is 2.30. The van der Waals surface area contributed by atoms with Crippen LogP contribution in [0.4, 0.5) is 28.4 Å². The maximum atomic E-state index is 13.4. The Morgan fingerprint density at radius 3 is 2.20 bits per heavy atom. The molecule has 3 N–H and O–H groups in total. The number of anilines is 2. The number of aliphatic carboxylic acids is 1. The summed E-state index contributed by atoms with van der Waals surface area (Å²) in [5.74, 6) is -3.01. The van der Waals surface area contributed by atoms with E-state index in [1.807, 2.05) is 29.6 Å². The molecule has 1 atom stereocenters. The summed E-state index contributed by atoms with van der Waals surface area (Å²) in [7, 11) is 0. The maximum absolute atomic E-state index is 13.4. The van der Waals surface area contributed by atoms with Crippen molar-refractivity contribution in [3.63, 3.8) is 0 Å². The molecule has 0 unspecified atom stereocenters. The van der Waals surface area contributed by atoms with E-state index in [9.17, 15) is 27.2 Å². The number of carboxylic acid groups (broad SMARTS) is 1. The third-order valence-electron chi connectivity index (χ3n) is 5.01. The number of alkyl halides is 3. The molecule has 11 heteroatoms. The number of carbonyl (C=O) groups excluding carboxylic acids is 1. The molecule has 6 nitrogen and oxygen atoms in total. The van der Waals surface area contributed by atoms with Crippen molar-refractivity contribution < 1.29 is 32.3 Å². The minimum atomic E-state index is -4.73. The number of nitrogens with one attached hydrogen (secondary N) is 2. The van der Waals surface area contributed by atoms with Crippen LogP contribution < -0.4 is 10.6 Å². The minimum absolute atomic E-state index is 0.0349. The SMILES string of the molecule is O=C(N[C@@H](CC(F)(F)F)C(=O)O)c1ccc(-c2ccc(Nc3nc4ccc(F)cc4s3)cc2)cc1. The molecule has 0 saturated carbocycles. The fraction of sp³-hybridized carbons (Fsp3) is 0.125. The Morgan fingerprint density at radius 1 is 0.971 bits per heavy atom. The first kappa shape index (κ1) is 24.1. The molecule has 35 heavy (non-hydrogen) atoms. The molecule has 0 aliphatic carbocycles. The zero-order valence-electron chi connectivity index (χ0n) is 17.8. The lowest BCUT2D eigenvalue weighted by Crippen LogP contribution is -2.43. The molecule has 1 amide bonds. The number of amides is 1. The molecule has 3 aromatic carbocycles. The number of hydrogen-bond acceptors (Lipinski definition) is 5. The first-order valence-corrected chi connectivity index (χ1v) is 11.0. The quantitative estimate of drug-likeness (QED) is 0.270. The molecular weight excluding hydrogens is 486 g/mol. The van der Waals surface area contributed by atoms with Crippen LogP contribution in [0.3, 0.4) is 0 Å². The van der Waals surface area contributed by atoms with Gasteiger partial charge in [-0.15, -0.1) is 0 Å². The molecule has 0 saturated heterocycles. The van der Waals surface area contributed by atoms with Crippen molar-refractivity contribution in [3.8, 4) is 11.1 Å². The van der Waals surface area contributed by atoms with E-state index in [1.54, 1.807) is 18.2 Å². The van der Waals surface area contributed by atoms with Gasteiger partial charge >= 0.3 is 12.1 Å². The number of aromatic nitrogens is 1. The topological polar surface area (TPSA) is 91.3 Å². The Kier molecular flexibility index (Phi) is 6.70. The van der Waals surface area contributed by atoms with Crippen LogP contribution in [-0.4, -0.2) is 34.2 Å². The number of nitrogens with zero attached hydrogens (tertiary/aromatic N) is 1. The number of carbonyl (C=O) groups is 2. The van der Waals surface area contributed by atoms with Gasteiger partial charge in [0.05, 0.1) is 16.6 Å².